The van der Waals surface area contributed by atoms with E-state index in [1.807, 2.05) is 6.08 Å². The monoisotopic (exact) mass is 304 g/mol. The van der Waals surface area contributed by atoms with Crippen LogP contribution in [-0.4, -0.2) is 17.0 Å². The Labute approximate surface area is 135 Å². The van der Waals surface area contributed by atoms with Gasteiger partial charge in [0.1, 0.15) is 0 Å². The van der Waals surface area contributed by atoms with Crippen LogP contribution < -0.4 is 0 Å². The van der Waals surface area contributed by atoms with Gasteiger partial charge in [0.25, 0.3) is 0 Å². The van der Waals surface area contributed by atoms with Crippen LogP contribution in [0, 0.1) is 23.7 Å². The Morgan fingerprint density at radius 3 is 2.59 bits per heavy atom. The Bertz CT molecular complexity index is 494. The number of hydrogen-bond donors (Lipinski definition) is 0. The van der Waals surface area contributed by atoms with E-state index in [9.17, 15) is 4.79 Å². The van der Waals surface area contributed by atoms with Gasteiger partial charge in [-0.2, -0.15) is 0 Å². The molecule has 2 fully saturated rings. The van der Waals surface area contributed by atoms with E-state index in [4.69, 9.17) is 4.74 Å². The molecular weight excluding hydrogens is 272 g/mol. The number of carbonyl (C=O) groups excluding carboxylic acids is 1. The van der Waals surface area contributed by atoms with Crippen LogP contribution in [0.3, 0.4) is 0 Å². The first-order chi connectivity index (χ1) is 10.3. The van der Waals surface area contributed by atoms with Crippen molar-refractivity contribution < 1.29 is 9.53 Å². The van der Waals surface area contributed by atoms with Gasteiger partial charge in [-0.15, -0.1) is 0 Å². The quantitative estimate of drug-likeness (QED) is 0.736. The summed E-state index contributed by atoms with van der Waals surface area (Å²) in [5.41, 5.74) is 1.44. The summed E-state index contributed by atoms with van der Waals surface area (Å²) in [6.07, 6.45) is 8.82. The van der Waals surface area contributed by atoms with Crippen LogP contribution >= 0.6 is 0 Å². The number of rotatable bonds is 4. The lowest BCUT2D eigenvalue weighted by Crippen LogP contribution is -2.37. The summed E-state index contributed by atoms with van der Waals surface area (Å²) in [5.74, 6) is 2.42. The molecule has 3 aliphatic rings. The van der Waals surface area contributed by atoms with Crippen molar-refractivity contribution in [3.8, 4) is 0 Å². The Morgan fingerprint density at radius 2 is 2.00 bits per heavy atom. The van der Waals surface area contributed by atoms with Crippen molar-refractivity contribution in [1.29, 1.82) is 0 Å². The van der Waals surface area contributed by atoms with Crippen LogP contribution in [0.25, 0.3) is 0 Å². The molecule has 6 atom stereocenters. The van der Waals surface area contributed by atoms with Crippen molar-refractivity contribution in [2.24, 2.45) is 23.7 Å². The zero-order valence-electron chi connectivity index (χ0n) is 14.9. The van der Waals surface area contributed by atoms with Gasteiger partial charge >= 0.3 is 0 Å². The van der Waals surface area contributed by atoms with E-state index in [1.165, 1.54) is 24.8 Å². The molecule has 2 heterocycles. The molecule has 2 nitrogen and oxygen atoms in total. The molecule has 0 aromatic carbocycles. The lowest BCUT2D eigenvalue weighted by Gasteiger charge is -2.36. The number of ether oxygens (including phenoxy) is 1. The summed E-state index contributed by atoms with van der Waals surface area (Å²) < 4.78 is 6.41. The SMILES string of the molecule is CC1=CC(=O)[C@@H]([C@H](C)CC[C@@H]2[C@@H](C)[C@]3(C)CC[C@@]2(C)O3)CC1. The van der Waals surface area contributed by atoms with E-state index in [-0.39, 0.29) is 17.1 Å². The third-order valence-electron chi connectivity index (χ3n) is 7.16. The molecule has 3 rings (SSSR count). The highest BCUT2D eigenvalue weighted by molar-refractivity contribution is 5.93. The Morgan fingerprint density at radius 1 is 1.32 bits per heavy atom. The molecule has 0 aromatic heterocycles. The Hall–Kier alpha value is -0.630. The molecule has 0 saturated carbocycles. The lowest BCUT2D eigenvalue weighted by molar-refractivity contribution is -0.120. The topological polar surface area (TPSA) is 26.3 Å². The van der Waals surface area contributed by atoms with Gasteiger partial charge in [0.2, 0.25) is 0 Å². The minimum Gasteiger partial charge on any atom is -0.369 e. The van der Waals surface area contributed by atoms with E-state index < -0.39 is 0 Å². The molecule has 1 aliphatic carbocycles. The third-order valence-corrected chi connectivity index (χ3v) is 7.16. The van der Waals surface area contributed by atoms with Crippen LogP contribution in [0.15, 0.2) is 11.6 Å². The summed E-state index contributed by atoms with van der Waals surface area (Å²) in [5, 5.41) is 0. The van der Waals surface area contributed by atoms with E-state index in [0.717, 1.165) is 19.3 Å². The number of carbonyl (C=O) groups is 1. The molecule has 0 N–H and O–H groups in total. The lowest BCUT2D eigenvalue weighted by atomic mass is 9.66. The molecule has 0 aromatic rings. The first kappa shape index (κ1) is 16.2. The summed E-state index contributed by atoms with van der Waals surface area (Å²) in [7, 11) is 0. The average molecular weight is 304 g/mol. The highest BCUT2D eigenvalue weighted by Crippen LogP contribution is 2.58. The zero-order valence-corrected chi connectivity index (χ0v) is 14.9. The molecule has 2 bridgehead atoms. The molecule has 0 amide bonds. The van der Waals surface area contributed by atoms with Gasteiger partial charge in [-0.05, 0) is 83.1 Å². The molecule has 2 aliphatic heterocycles. The van der Waals surface area contributed by atoms with Gasteiger partial charge in [0.05, 0.1) is 11.2 Å². The van der Waals surface area contributed by atoms with Gasteiger partial charge in [0, 0.05) is 5.92 Å². The fraction of sp³-hybridized carbons (Fsp3) is 0.850. The van der Waals surface area contributed by atoms with E-state index in [0.29, 0.717) is 23.5 Å². The van der Waals surface area contributed by atoms with Gasteiger partial charge in [-0.1, -0.05) is 19.4 Å². The first-order valence-corrected chi connectivity index (χ1v) is 9.16. The van der Waals surface area contributed by atoms with Crippen LogP contribution in [0.2, 0.25) is 0 Å². The molecule has 0 unspecified atom stereocenters. The molecule has 124 valence electrons. The maximum atomic E-state index is 12.2. The Kier molecular flexibility index (Phi) is 4.04. The zero-order chi connectivity index (χ0) is 16.1. The molecule has 2 heteroatoms. The van der Waals surface area contributed by atoms with Crippen molar-refractivity contribution in [3.05, 3.63) is 11.6 Å². The number of allylic oxidation sites excluding steroid dienone is 2. The van der Waals surface area contributed by atoms with Gasteiger partial charge in [-0.25, -0.2) is 0 Å². The second kappa shape index (κ2) is 5.47. The average Bonchev–Trinajstić information content (AvgIpc) is 2.84. The van der Waals surface area contributed by atoms with E-state index in [2.05, 4.69) is 34.6 Å². The number of fused-ring (bicyclic) bond motifs is 2. The molecule has 0 spiro atoms. The second-order valence-corrected chi connectivity index (χ2v) is 8.72. The minimum atomic E-state index is 0.0843. The van der Waals surface area contributed by atoms with Crippen molar-refractivity contribution >= 4 is 5.78 Å². The predicted octanol–water partition coefficient (Wildman–Crippen LogP) is 4.92. The summed E-state index contributed by atoms with van der Waals surface area (Å²) in [4.78, 5) is 12.2. The van der Waals surface area contributed by atoms with Crippen LogP contribution in [0.4, 0.5) is 0 Å². The smallest absolute Gasteiger partial charge is 0.158 e. The maximum Gasteiger partial charge on any atom is 0.158 e. The van der Waals surface area contributed by atoms with Crippen molar-refractivity contribution in [2.45, 2.75) is 84.3 Å². The third kappa shape index (κ3) is 2.58. The van der Waals surface area contributed by atoms with E-state index in [1.54, 1.807) is 0 Å². The van der Waals surface area contributed by atoms with Gasteiger partial charge in [0.15, 0.2) is 5.78 Å². The van der Waals surface area contributed by atoms with Crippen LogP contribution in [0.5, 0.6) is 0 Å². The number of ketones is 1. The van der Waals surface area contributed by atoms with Crippen molar-refractivity contribution in [2.75, 3.05) is 0 Å². The maximum absolute atomic E-state index is 12.2. The highest BCUT2D eigenvalue weighted by atomic mass is 16.5. The Balaban J connectivity index is 1.60. The molecular formula is C20H32O2. The fourth-order valence-electron chi connectivity index (χ4n) is 5.38. The van der Waals surface area contributed by atoms with E-state index >= 15 is 0 Å². The van der Waals surface area contributed by atoms with Crippen LogP contribution in [0.1, 0.15) is 73.1 Å². The first-order valence-electron chi connectivity index (χ1n) is 9.16. The second-order valence-electron chi connectivity index (χ2n) is 8.72. The largest absolute Gasteiger partial charge is 0.369 e. The van der Waals surface area contributed by atoms with Crippen molar-refractivity contribution in [3.63, 3.8) is 0 Å². The molecule has 2 saturated heterocycles. The summed E-state index contributed by atoms with van der Waals surface area (Å²) >= 11 is 0. The summed E-state index contributed by atoms with van der Waals surface area (Å²) in [6.45, 7) is 11.3. The molecule has 22 heavy (non-hydrogen) atoms. The predicted molar refractivity (Wildman–Crippen MR) is 89.7 cm³/mol. The standard InChI is InChI=1S/C20H32O2/c1-13-6-8-16(18(21)12-13)14(2)7-9-17-15(3)19(4)10-11-20(17,5)22-19/h12,14-17H,6-11H2,1-5H3/t14-,15-,16-,17-,19+,20-/m1/s1. The normalized spacial score (nSPS) is 46.0. The highest BCUT2D eigenvalue weighted by Gasteiger charge is 2.60. The van der Waals surface area contributed by atoms with Gasteiger partial charge < -0.3 is 4.74 Å². The fourth-order valence-corrected chi connectivity index (χ4v) is 5.38. The van der Waals surface area contributed by atoms with Crippen LogP contribution in [-0.2, 0) is 9.53 Å². The minimum absolute atomic E-state index is 0.0843. The van der Waals surface area contributed by atoms with Gasteiger partial charge in [-0.3, -0.25) is 4.79 Å². The number of hydrogen-bond acceptors (Lipinski definition) is 2. The summed E-state index contributed by atoms with van der Waals surface area (Å²) in [6, 6.07) is 0. The van der Waals surface area contributed by atoms with Crippen molar-refractivity contribution in [1.82, 2.24) is 0 Å². The molecule has 0 radical (unpaired) electrons.